The second kappa shape index (κ2) is 3.23. The van der Waals surface area contributed by atoms with Crippen LogP contribution in [0.2, 0.25) is 0 Å². The summed E-state index contributed by atoms with van der Waals surface area (Å²) in [5, 5.41) is 0. The molecule has 0 N–H and O–H groups in total. The van der Waals surface area contributed by atoms with Crippen LogP contribution in [-0.4, -0.2) is 0 Å². The van der Waals surface area contributed by atoms with Crippen molar-refractivity contribution in [2.24, 2.45) is 17.8 Å². The largest absolute Gasteiger partial charge is 0.103 e. The Kier molecular flexibility index (Phi) is 2.53. The minimum absolute atomic E-state index is 0.795. The highest BCUT2D eigenvalue weighted by atomic mass is 14.3. The summed E-state index contributed by atoms with van der Waals surface area (Å²) in [6, 6.07) is 0. The van der Waals surface area contributed by atoms with Crippen molar-refractivity contribution in [3.8, 4) is 0 Å². The van der Waals surface area contributed by atoms with E-state index in [1.54, 1.807) is 0 Å². The van der Waals surface area contributed by atoms with Crippen molar-refractivity contribution in [2.45, 2.75) is 33.1 Å². The maximum atomic E-state index is 3.87. The molecule has 1 fully saturated rings. The predicted molar refractivity (Wildman–Crippen MR) is 45.9 cm³/mol. The van der Waals surface area contributed by atoms with E-state index in [0.29, 0.717) is 0 Å². The van der Waals surface area contributed by atoms with Crippen LogP contribution in [0.1, 0.15) is 33.1 Å². The Hall–Kier alpha value is -0.260. The zero-order valence-corrected chi connectivity index (χ0v) is 7.14. The summed E-state index contributed by atoms with van der Waals surface area (Å²) in [6.07, 6.45) is 6.34. The van der Waals surface area contributed by atoms with E-state index >= 15 is 0 Å². The Balaban J connectivity index is 2.50. The van der Waals surface area contributed by atoms with Crippen molar-refractivity contribution in [1.82, 2.24) is 0 Å². The monoisotopic (exact) mass is 138 g/mol. The molecule has 3 atom stereocenters. The highest BCUT2D eigenvalue weighted by Crippen LogP contribution is 2.34. The summed E-state index contributed by atoms with van der Waals surface area (Å²) in [4.78, 5) is 0. The van der Waals surface area contributed by atoms with Crippen LogP contribution in [0.3, 0.4) is 0 Å². The molecule has 1 aliphatic carbocycles. The zero-order chi connectivity index (χ0) is 7.56. The third-order valence-corrected chi connectivity index (χ3v) is 3.07. The molecule has 1 saturated carbocycles. The first-order chi connectivity index (χ1) is 4.75. The van der Waals surface area contributed by atoms with Crippen molar-refractivity contribution >= 4 is 0 Å². The molecule has 0 aromatic rings. The highest BCUT2D eigenvalue weighted by Gasteiger charge is 2.24. The minimum atomic E-state index is 0.795. The van der Waals surface area contributed by atoms with Gasteiger partial charge >= 0.3 is 0 Å². The second-order valence-corrected chi connectivity index (χ2v) is 3.67. The molecular formula is C10H18. The third kappa shape index (κ3) is 1.42. The minimum Gasteiger partial charge on any atom is -0.103 e. The van der Waals surface area contributed by atoms with Crippen LogP contribution in [0.4, 0.5) is 0 Å². The van der Waals surface area contributed by atoms with E-state index in [1.165, 1.54) is 19.3 Å². The van der Waals surface area contributed by atoms with Gasteiger partial charge in [-0.1, -0.05) is 32.8 Å². The zero-order valence-electron chi connectivity index (χ0n) is 7.14. The van der Waals surface area contributed by atoms with Gasteiger partial charge < -0.3 is 0 Å². The predicted octanol–water partition coefficient (Wildman–Crippen LogP) is 3.24. The molecule has 3 unspecified atom stereocenters. The fraction of sp³-hybridized carbons (Fsp3) is 0.800. The molecule has 0 aromatic carbocycles. The van der Waals surface area contributed by atoms with Crippen molar-refractivity contribution in [1.29, 1.82) is 0 Å². The number of hydrogen-bond donors (Lipinski definition) is 0. The van der Waals surface area contributed by atoms with E-state index in [9.17, 15) is 0 Å². The first-order valence-corrected chi connectivity index (χ1v) is 4.38. The summed E-state index contributed by atoms with van der Waals surface area (Å²) in [5.41, 5.74) is 0. The first kappa shape index (κ1) is 7.84. The van der Waals surface area contributed by atoms with Crippen LogP contribution in [0.15, 0.2) is 12.7 Å². The Morgan fingerprint density at radius 2 is 2.00 bits per heavy atom. The van der Waals surface area contributed by atoms with Gasteiger partial charge in [-0.25, -0.2) is 0 Å². The number of rotatable bonds is 1. The van der Waals surface area contributed by atoms with Crippen LogP contribution in [0.5, 0.6) is 0 Å². The lowest BCUT2D eigenvalue weighted by molar-refractivity contribution is 0.219. The van der Waals surface area contributed by atoms with Crippen molar-refractivity contribution in [3.05, 3.63) is 12.7 Å². The molecule has 0 spiro atoms. The van der Waals surface area contributed by atoms with Gasteiger partial charge in [-0.15, -0.1) is 6.58 Å². The second-order valence-electron chi connectivity index (χ2n) is 3.67. The summed E-state index contributed by atoms with van der Waals surface area (Å²) >= 11 is 0. The molecule has 58 valence electrons. The van der Waals surface area contributed by atoms with E-state index in [-0.39, 0.29) is 0 Å². The molecule has 0 nitrogen and oxygen atoms in total. The third-order valence-electron chi connectivity index (χ3n) is 3.07. The van der Waals surface area contributed by atoms with E-state index in [2.05, 4.69) is 26.5 Å². The maximum absolute atomic E-state index is 3.87. The van der Waals surface area contributed by atoms with Crippen molar-refractivity contribution in [2.75, 3.05) is 0 Å². The average Bonchev–Trinajstić information content (AvgIpc) is 1.95. The summed E-state index contributed by atoms with van der Waals surface area (Å²) < 4.78 is 0. The van der Waals surface area contributed by atoms with Gasteiger partial charge in [0.15, 0.2) is 0 Å². The average molecular weight is 138 g/mol. The molecule has 1 aliphatic rings. The number of hydrogen-bond acceptors (Lipinski definition) is 0. The number of allylic oxidation sites excluding steroid dienone is 1. The van der Waals surface area contributed by atoms with Crippen LogP contribution in [-0.2, 0) is 0 Å². The fourth-order valence-corrected chi connectivity index (χ4v) is 1.96. The normalized spacial score (nSPS) is 41.2. The van der Waals surface area contributed by atoms with E-state index in [0.717, 1.165) is 17.8 Å². The smallest absolute Gasteiger partial charge is 0.0208 e. The summed E-state index contributed by atoms with van der Waals surface area (Å²) in [7, 11) is 0. The standard InChI is InChI=1S/C10H18/c1-4-10-7-5-6-8(2)9(10)3/h4,8-10H,1,5-7H2,2-3H3. The van der Waals surface area contributed by atoms with Gasteiger partial charge in [-0.3, -0.25) is 0 Å². The lowest BCUT2D eigenvalue weighted by Crippen LogP contribution is -2.22. The quantitative estimate of drug-likeness (QED) is 0.488. The molecule has 1 rings (SSSR count). The van der Waals surface area contributed by atoms with Gasteiger partial charge in [-0.05, 0) is 24.2 Å². The lowest BCUT2D eigenvalue weighted by Gasteiger charge is -2.31. The van der Waals surface area contributed by atoms with E-state index < -0.39 is 0 Å². The van der Waals surface area contributed by atoms with Gasteiger partial charge in [0.2, 0.25) is 0 Å². The highest BCUT2D eigenvalue weighted by molar-refractivity contribution is 4.87. The Morgan fingerprint density at radius 3 is 2.50 bits per heavy atom. The summed E-state index contributed by atoms with van der Waals surface area (Å²) in [6.45, 7) is 8.59. The summed E-state index contributed by atoms with van der Waals surface area (Å²) in [5.74, 6) is 2.58. The van der Waals surface area contributed by atoms with Gasteiger partial charge in [0.1, 0.15) is 0 Å². The molecule has 0 heteroatoms. The molecule has 0 amide bonds. The Bertz CT molecular complexity index is 115. The topological polar surface area (TPSA) is 0 Å². The molecule has 0 saturated heterocycles. The SMILES string of the molecule is C=CC1CCCC(C)C1C. The van der Waals surface area contributed by atoms with Crippen molar-refractivity contribution in [3.63, 3.8) is 0 Å². The van der Waals surface area contributed by atoms with Gasteiger partial charge in [0, 0.05) is 0 Å². The molecule has 0 radical (unpaired) electrons. The van der Waals surface area contributed by atoms with Crippen LogP contribution in [0.25, 0.3) is 0 Å². The van der Waals surface area contributed by atoms with Crippen LogP contribution < -0.4 is 0 Å². The van der Waals surface area contributed by atoms with Crippen molar-refractivity contribution < 1.29 is 0 Å². The fourth-order valence-electron chi connectivity index (χ4n) is 1.96. The Labute approximate surface area is 64.3 Å². The molecular weight excluding hydrogens is 120 g/mol. The van der Waals surface area contributed by atoms with Gasteiger partial charge in [-0.2, -0.15) is 0 Å². The lowest BCUT2D eigenvalue weighted by atomic mass is 9.74. The van der Waals surface area contributed by atoms with Gasteiger partial charge in [0.25, 0.3) is 0 Å². The Morgan fingerprint density at radius 1 is 1.30 bits per heavy atom. The van der Waals surface area contributed by atoms with E-state index in [1.807, 2.05) is 0 Å². The van der Waals surface area contributed by atoms with Gasteiger partial charge in [0.05, 0.1) is 0 Å². The molecule has 0 heterocycles. The first-order valence-electron chi connectivity index (χ1n) is 4.38. The van der Waals surface area contributed by atoms with Crippen LogP contribution >= 0.6 is 0 Å². The maximum Gasteiger partial charge on any atom is -0.0208 e. The van der Waals surface area contributed by atoms with Crippen LogP contribution in [0, 0.1) is 17.8 Å². The molecule has 0 bridgehead atoms. The van der Waals surface area contributed by atoms with E-state index in [4.69, 9.17) is 0 Å². The molecule has 10 heavy (non-hydrogen) atoms. The molecule has 0 aliphatic heterocycles. The molecule has 0 aromatic heterocycles.